The van der Waals surface area contributed by atoms with E-state index in [1.165, 1.54) is 0 Å². The highest BCUT2D eigenvalue weighted by atomic mass is 35.5. The number of carbonyl (C=O) groups is 1. The van der Waals surface area contributed by atoms with Crippen LogP contribution >= 0.6 is 23.2 Å². The Hall–Kier alpha value is -2.01. The Morgan fingerprint density at radius 2 is 1.56 bits per heavy atom. The summed E-state index contributed by atoms with van der Waals surface area (Å²) < 4.78 is 55.5. The molecule has 0 amide bonds. The summed E-state index contributed by atoms with van der Waals surface area (Å²) in [7, 11) is 0. The maximum absolute atomic E-state index is 11.3. The van der Waals surface area contributed by atoms with Crippen LogP contribution in [0.25, 0.3) is 0 Å². The third-order valence-electron chi connectivity index (χ3n) is 2.60. The van der Waals surface area contributed by atoms with Crippen LogP contribution < -0.4 is 16.4 Å². The number of alkyl halides is 5. The summed E-state index contributed by atoms with van der Waals surface area (Å²) >= 11 is 12.0. The highest BCUT2D eigenvalue weighted by molar-refractivity contribution is 6.39. The Bertz CT molecular complexity index is 651. The lowest BCUT2D eigenvalue weighted by molar-refractivity contribution is -0.277. The number of aliphatic carboxylic acids is 1. The van der Waals surface area contributed by atoms with Gasteiger partial charge in [-0.15, -0.1) is 0 Å². The summed E-state index contributed by atoms with van der Waals surface area (Å²) in [6.07, 6.45) is -6.02. The van der Waals surface area contributed by atoms with Crippen LogP contribution in [0, 0.1) is 0 Å². The summed E-state index contributed by atoms with van der Waals surface area (Å²) in [5.41, 5.74) is 6.65. The van der Waals surface area contributed by atoms with Crippen LogP contribution in [0.4, 0.5) is 33.3 Å². The topological polar surface area (TPSA) is 99.7 Å². The minimum absolute atomic E-state index is 0.447. The molecule has 0 atom stereocenters. The zero-order chi connectivity index (χ0) is 19.4. The fraction of sp³-hybridized carbons (Fsp3) is 0.333. The second kappa shape index (κ2) is 7.91. The number of hydrogen-bond donors (Lipinski definition) is 4. The molecule has 0 spiro atoms. The lowest BCUT2D eigenvalue weighted by Crippen LogP contribution is -2.43. The Balaban J connectivity index is 0.000000275. The van der Waals surface area contributed by atoms with E-state index in [1.54, 1.807) is 12.1 Å². The van der Waals surface area contributed by atoms with Crippen molar-refractivity contribution in [1.29, 1.82) is 0 Å². The van der Waals surface area contributed by atoms with Gasteiger partial charge in [-0.25, -0.2) is 9.79 Å². The molecule has 0 bridgehead atoms. The maximum Gasteiger partial charge on any atom is 0.465 e. The molecule has 1 saturated heterocycles. The van der Waals surface area contributed by atoms with Crippen LogP contribution in [-0.2, 0) is 4.79 Å². The van der Waals surface area contributed by atoms with E-state index in [1.807, 2.05) is 0 Å². The van der Waals surface area contributed by atoms with Gasteiger partial charge in [-0.2, -0.15) is 22.0 Å². The summed E-state index contributed by atoms with van der Waals surface area (Å²) in [5.74, 6) is -8.16. The molecule has 5 N–H and O–H groups in total. The number of carboxylic acid groups (broad SMARTS) is 1. The van der Waals surface area contributed by atoms with Gasteiger partial charge in [-0.05, 0) is 12.1 Å². The van der Waals surface area contributed by atoms with Gasteiger partial charge in [0, 0.05) is 18.8 Å². The zero-order valence-electron chi connectivity index (χ0n) is 12.1. The highest BCUT2D eigenvalue weighted by Crippen LogP contribution is 2.36. The molecule has 1 aliphatic rings. The third-order valence-corrected chi connectivity index (χ3v) is 3.17. The molecule has 1 aromatic carbocycles. The lowest BCUT2D eigenvalue weighted by atomic mass is 10.3. The molecule has 0 saturated carbocycles. The second-order valence-corrected chi connectivity index (χ2v) is 5.34. The van der Waals surface area contributed by atoms with Crippen LogP contribution in [0.5, 0.6) is 0 Å². The van der Waals surface area contributed by atoms with Crippen molar-refractivity contribution in [2.24, 2.45) is 4.99 Å². The minimum atomic E-state index is -6.02. The smallest absolute Gasteiger partial charge is 0.465 e. The summed E-state index contributed by atoms with van der Waals surface area (Å²) in [6, 6.07) is 3.25. The first kappa shape index (κ1) is 21.0. The summed E-state index contributed by atoms with van der Waals surface area (Å²) in [5, 5.41) is 14.3. The van der Waals surface area contributed by atoms with Gasteiger partial charge in [0.25, 0.3) is 0 Å². The molecule has 2 rings (SSSR count). The van der Waals surface area contributed by atoms with E-state index in [4.69, 9.17) is 34.0 Å². The summed E-state index contributed by atoms with van der Waals surface area (Å²) in [4.78, 5) is 13.5. The molecule has 1 heterocycles. The third kappa shape index (κ3) is 5.49. The zero-order valence-corrected chi connectivity index (χ0v) is 13.6. The molecule has 6 nitrogen and oxygen atoms in total. The normalized spacial score (nSPS) is 14.1. The molecular weight excluding hydrogens is 398 g/mol. The molecule has 0 aromatic heterocycles. The van der Waals surface area contributed by atoms with Crippen molar-refractivity contribution in [3.63, 3.8) is 0 Å². The lowest BCUT2D eigenvalue weighted by Gasteiger charge is -2.13. The van der Waals surface area contributed by atoms with Crippen LogP contribution in [0.3, 0.4) is 0 Å². The number of rotatable bonds is 2. The minimum Gasteiger partial charge on any atom is -0.477 e. The number of nitrogens with one attached hydrogen (secondary N) is 2. The van der Waals surface area contributed by atoms with E-state index in [2.05, 4.69) is 15.6 Å². The molecule has 0 aliphatic carbocycles. The van der Waals surface area contributed by atoms with Gasteiger partial charge in [-0.1, -0.05) is 23.2 Å². The number of benzene rings is 1. The van der Waals surface area contributed by atoms with E-state index in [9.17, 15) is 26.7 Å². The number of hydrogen-bond acceptors (Lipinski definition) is 3. The van der Waals surface area contributed by atoms with Gasteiger partial charge in [0.05, 0.1) is 10.0 Å². The Morgan fingerprint density at radius 3 is 1.88 bits per heavy atom. The van der Waals surface area contributed by atoms with Gasteiger partial charge in [-0.3, -0.25) is 0 Å². The van der Waals surface area contributed by atoms with E-state index in [0.717, 1.165) is 13.1 Å². The van der Waals surface area contributed by atoms with Gasteiger partial charge in [0.2, 0.25) is 0 Å². The van der Waals surface area contributed by atoms with Gasteiger partial charge in [0.15, 0.2) is 5.96 Å². The first-order valence-corrected chi connectivity index (χ1v) is 7.10. The van der Waals surface area contributed by atoms with E-state index >= 15 is 0 Å². The number of aliphatic imine (C=N–C) groups is 1. The SMILES string of the molecule is Nc1cc(Cl)c(N=C2NCCN2)c(Cl)c1.O=C(O)C(F)(F)C(F)(F)F. The molecule has 25 heavy (non-hydrogen) atoms. The van der Waals surface area contributed by atoms with Crippen molar-refractivity contribution in [2.45, 2.75) is 12.1 Å². The summed E-state index contributed by atoms with van der Waals surface area (Å²) in [6.45, 7) is 1.70. The Morgan fingerprint density at radius 1 is 1.12 bits per heavy atom. The van der Waals surface area contributed by atoms with E-state index in [0.29, 0.717) is 27.4 Å². The molecule has 1 fully saturated rings. The predicted octanol–water partition coefficient (Wildman–Crippen LogP) is 3.02. The Labute approximate surface area is 147 Å². The van der Waals surface area contributed by atoms with Crippen molar-refractivity contribution in [3.8, 4) is 0 Å². The van der Waals surface area contributed by atoms with Crippen LogP contribution in [-0.4, -0.2) is 42.2 Å². The first-order valence-electron chi connectivity index (χ1n) is 6.35. The molecule has 1 aromatic rings. The molecule has 140 valence electrons. The quantitative estimate of drug-likeness (QED) is 0.445. The number of nitrogens with zero attached hydrogens (tertiary/aromatic N) is 1. The number of nitrogen functional groups attached to an aromatic ring is 1. The maximum atomic E-state index is 11.3. The van der Waals surface area contributed by atoms with Gasteiger partial charge < -0.3 is 21.5 Å². The van der Waals surface area contributed by atoms with Crippen molar-refractivity contribution >= 4 is 46.5 Å². The average molecular weight is 409 g/mol. The van der Waals surface area contributed by atoms with Crippen molar-refractivity contribution in [1.82, 2.24) is 10.6 Å². The molecule has 1 aliphatic heterocycles. The Kier molecular flexibility index (Phi) is 6.66. The number of carboxylic acids is 1. The van der Waals surface area contributed by atoms with Crippen molar-refractivity contribution in [2.75, 3.05) is 18.8 Å². The number of anilines is 1. The van der Waals surface area contributed by atoms with E-state index in [-0.39, 0.29) is 0 Å². The largest absolute Gasteiger partial charge is 0.477 e. The predicted molar refractivity (Wildman–Crippen MR) is 82.6 cm³/mol. The van der Waals surface area contributed by atoms with Crippen molar-refractivity contribution < 1.29 is 31.9 Å². The van der Waals surface area contributed by atoms with Crippen LogP contribution in [0.15, 0.2) is 17.1 Å². The van der Waals surface area contributed by atoms with Crippen LogP contribution in [0.1, 0.15) is 0 Å². The fourth-order valence-electron chi connectivity index (χ4n) is 1.43. The highest BCUT2D eigenvalue weighted by Gasteiger charge is 2.64. The number of nitrogens with two attached hydrogens (primary N) is 1. The second-order valence-electron chi connectivity index (χ2n) is 4.52. The monoisotopic (exact) mass is 408 g/mol. The van der Waals surface area contributed by atoms with E-state index < -0.39 is 18.1 Å². The standard InChI is InChI=1S/C9H10Cl2N4.C3HF5O2/c10-6-3-5(12)4-7(11)8(6)15-9-13-1-2-14-9;4-2(5,1(9)10)3(6,7)8/h3-4H,1-2,12H2,(H2,13,14,15);(H,9,10). The fourth-order valence-corrected chi connectivity index (χ4v) is 2.02. The van der Waals surface area contributed by atoms with Gasteiger partial charge >= 0.3 is 18.1 Å². The molecular formula is C12H11Cl2F5N4O2. The molecule has 13 heteroatoms. The van der Waals surface area contributed by atoms with Crippen LogP contribution in [0.2, 0.25) is 10.0 Å². The molecule has 0 unspecified atom stereocenters. The number of halogens is 7. The average Bonchev–Trinajstić information content (AvgIpc) is 2.95. The van der Waals surface area contributed by atoms with Crippen molar-refractivity contribution in [3.05, 3.63) is 22.2 Å². The first-order chi connectivity index (χ1) is 11.4. The van der Waals surface area contributed by atoms with Gasteiger partial charge in [0.1, 0.15) is 5.69 Å². The number of guanidine groups is 1. The molecule has 0 radical (unpaired) electrons.